The fourth-order valence-corrected chi connectivity index (χ4v) is 2.94. The van der Waals surface area contributed by atoms with Crippen molar-refractivity contribution in [3.05, 3.63) is 29.8 Å². The van der Waals surface area contributed by atoms with Gasteiger partial charge in [0.05, 0.1) is 17.1 Å². The molecule has 0 amide bonds. The van der Waals surface area contributed by atoms with Crippen LogP contribution in [0.3, 0.4) is 0 Å². The maximum atomic E-state index is 11.4. The summed E-state index contributed by atoms with van der Waals surface area (Å²) >= 11 is 5.37. The molecule has 0 radical (unpaired) electrons. The van der Waals surface area contributed by atoms with Crippen LogP contribution in [0.1, 0.15) is 10.4 Å². The highest BCUT2D eigenvalue weighted by Gasteiger charge is 2.11. The summed E-state index contributed by atoms with van der Waals surface area (Å²) in [7, 11) is -3.18. The van der Waals surface area contributed by atoms with Crippen LogP contribution in [0.25, 0.3) is 0 Å². The Morgan fingerprint density at radius 2 is 1.94 bits per heavy atom. The first-order chi connectivity index (χ1) is 8.46. The monoisotopic (exact) mass is 291 g/mol. The second-order valence-corrected chi connectivity index (χ2v) is 6.30. The molecule has 0 fully saturated rings. The molecule has 0 aromatic heterocycles. The molecule has 0 saturated carbocycles. The summed E-state index contributed by atoms with van der Waals surface area (Å²) < 4.78 is 22.8. The fraction of sp³-hybridized carbons (Fsp3) is 0.364. The van der Waals surface area contributed by atoms with Gasteiger partial charge in [0.25, 0.3) is 0 Å². The molecule has 1 rings (SSSR count). The molecule has 5 nitrogen and oxygen atoms in total. The molecule has 0 heterocycles. The summed E-state index contributed by atoms with van der Waals surface area (Å²) in [6, 6.07) is 6.34. The number of para-hydroxylation sites is 1. The first-order valence-corrected chi connectivity index (χ1v) is 7.64. The highest BCUT2D eigenvalue weighted by atomic mass is 35.5. The van der Waals surface area contributed by atoms with Gasteiger partial charge in [-0.3, -0.25) is 0 Å². The maximum Gasteiger partial charge on any atom is 0.337 e. The zero-order valence-electron chi connectivity index (χ0n) is 9.60. The van der Waals surface area contributed by atoms with Gasteiger partial charge < -0.3 is 10.4 Å². The van der Waals surface area contributed by atoms with Crippen molar-refractivity contribution < 1.29 is 18.3 Å². The van der Waals surface area contributed by atoms with E-state index in [0.717, 1.165) is 0 Å². The summed E-state index contributed by atoms with van der Waals surface area (Å²) in [6.07, 6.45) is 0. The number of carboxylic acids is 1. The van der Waals surface area contributed by atoms with E-state index >= 15 is 0 Å². The number of rotatable bonds is 7. The molecule has 0 spiro atoms. The number of hydrogen-bond donors (Lipinski definition) is 2. The quantitative estimate of drug-likeness (QED) is 0.743. The van der Waals surface area contributed by atoms with E-state index in [0.29, 0.717) is 5.69 Å². The molecule has 0 saturated heterocycles. The fourth-order valence-electron chi connectivity index (χ4n) is 1.38. The van der Waals surface area contributed by atoms with Gasteiger partial charge in [-0.05, 0) is 12.1 Å². The third-order valence-electron chi connectivity index (χ3n) is 2.27. The highest BCUT2D eigenvalue weighted by Crippen LogP contribution is 2.14. The van der Waals surface area contributed by atoms with E-state index in [4.69, 9.17) is 16.7 Å². The second kappa shape index (κ2) is 6.61. The summed E-state index contributed by atoms with van der Waals surface area (Å²) in [4.78, 5) is 10.9. The molecule has 0 aliphatic heterocycles. The van der Waals surface area contributed by atoms with Gasteiger partial charge >= 0.3 is 5.97 Å². The Bertz CT molecular complexity index is 516. The molecule has 7 heteroatoms. The smallest absolute Gasteiger partial charge is 0.337 e. The third kappa shape index (κ3) is 4.54. The topological polar surface area (TPSA) is 83.5 Å². The van der Waals surface area contributed by atoms with Crippen molar-refractivity contribution in [2.75, 3.05) is 29.2 Å². The second-order valence-electron chi connectivity index (χ2n) is 3.62. The summed E-state index contributed by atoms with van der Waals surface area (Å²) in [5.74, 6) is -1.14. The minimum atomic E-state index is -3.18. The lowest BCUT2D eigenvalue weighted by Gasteiger charge is -2.09. The molecule has 0 aliphatic rings. The van der Waals surface area contributed by atoms with Gasteiger partial charge in [-0.1, -0.05) is 12.1 Å². The average Bonchev–Trinajstić information content (AvgIpc) is 2.29. The Morgan fingerprint density at radius 1 is 1.28 bits per heavy atom. The first kappa shape index (κ1) is 14.8. The minimum Gasteiger partial charge on any atom is -0.478 e. The number of anilines is 1. The Hall–Kier alpha value is -1.27. The van der Waals surface area contributed by atoms with E-state index in [1.54, 1.807) is 18.2 Å². The van der Waals surface area contributed by atoms with Gasteiger partial charge in [0.15, 0.2) is 9.84 Å². The van der Waals surface area contributed by atoms with Crippen molar-refractivity contribution in [3.8, 4) is 0 Å². The van der Waals surface area contributed by atoms with Crippen molar-refractivity contribution in [1.82, 2.24) is 0 Å². The molecule has 1 aromatic carbocycles. The number of hydrogen-bond acceptors (Lipinski definition) is 4. The predicted molar refractivity (Wildman–Crippen MR) is 71.3 cm³/mol. The van der Waals surface area contributed by atoms with E-state index in [1.807, 2.05) is 0 Å². The number of sulfone groups is 1. The SMILES string of the molecule is O=C(O)c1ccccc1NCCS(=O)(=O)CCCl. The van der Waals surface area contributed by atoms with E-state index in [1.165, 1.54) is 6.07 Å². The summed E-state index contributed by atoms with van der Waals surface area (Å²) in [6.45, 7) is 0.156. The number of benzene rings is 1. The molecular formula is C11H14ClNO4S. The maximum absolute atomic E-state index is 11.4. The lowest BCUT2D eigenvalue weighted by molar-refractivity contribution is 0.0698. The lowest BCUT2D eigenvalue weighted by atomic mass is 10.2. The lowest BCUT2D eigenvalue weighted by Crippen LogP contribution is -2.20. The largest absolute Gasteiger partial charge is 0.478 e. The molecule has 0 atom stereocenters. The van der Waals surface area contributed by atoms with Crippen molar-refractivity contribution in [3.63, 3.8) is 0 Å². The van der Waals surface area contributed by atoms with Gasteiger partial charge in [0.2, 0.25) is 0 Å². The van der Waals surface area contributed by atoms with Gasteiger partial charge in [0.1, 0.15) is 0 Å². The van der Waals surface area contributed by atoms with Gasteiger partial charge in [-0.25, -0.2) is 13.2 Å². The zero-order chi connectivity index (χ0) is 13.6. The average molecular weight is 292 g/mol. The van der Waals surface area contributed by atoms with Crippen molar-refractivity contribution in [2.45, 2.75) is 0 Å². The zero-order valence-corrected chi connectivity index (χ0v) is 11.2. The number of aromatic carboxylic acids is 1. The molecule has 18 heavy (non-hydrogen) atoms. The van der Waals surface area contributed by atoms with Crippen LogP contribution in [0, 0.1) is 0 Å². The Balaban J connectivity index is 2.62. The third-order valence-corrected chi connectivity index (χ3v) is 4.34. The van der Waals surface area contributed by atoms with E-state index < -0.39 is 15.8 Å². The molecule has 0 bridgehead atoms. The Morgan fingerprint density at radius 3 is 2.56 bits per heavy atom. The standard InChI is InChI=1S/C11H14ClNO4S/c12-5-7-18(16,17)8-6-13-10-4-2-1-3-9(10)11(14)15/h1-4,13H,5-8H2,(H,14,15). The van der Waals surface area contributed by atoms with Crippen LogP contribution in [0.2, 0.25) is 0 Å². The number of carboxylic acid groups (broad SMARTS) is 1. The molecular weight excluding hydrogens is 278 g/mol. The van der Waals surface area contributed by atoms with Crippen LogP contribution >= 0.6 is 11.6 Å². The van der Waals surface area contributed by atoms with Crippen LogP contribution in [-0.2, 0) is 9.84 Å². The molecule has 100 valence electrons. The normalized spacial score (nSPS) is 11.2. The summed E-state index contributed by atoms with van der Waals surface area (Å²) in [5.41, 5.74) is 0.526. The van der Waals surface area contributed by atoms with E-state index in [9.17, 15) is 13.2 Å². The van der Waals surface area contributed by atoms with Crippen LogP contribution < -0.4 is 5.32 Å². The van der Waals surface area contributed by atoms with Crippen molar-refractivity contribution >= 4 is 33.1 Å². The molecule has 0 unspecified atom stereocenters. The Kier molecular flexibility index (Phi) is 5.43. The van der Waals surface area contributed by atoms with E-state index in [2.05, 4.69) is 5.32 Å². The van der Waals surface area contributed by atoms with Gasteiger partial charge in [0, 0.05) is 18.1 Å². The van der Waals surface area contributed by atoms with Crippen LogP contribution in [0.5, 0.6) is 0 Å². The number of nitrogens with one attached hydrogen (secondary N) is 1. The minimum absolute atomic E-state index is 0.0635. The number of carbonyl (C=O) groups is 1. The summed E-state index contributed by atoms with van der Waals surface area (Å²) in [5, 5.41) is 11.7. The van der Waals surface area contributed by atoms with Crippen molar-refractivity contribution in [2.24, 2.45) is 0 Å². The van der Waals surface area contributed by atoms with Crippen molar-refractivity contribution in [1.29, 1.82) is 0 Å². The number of alkyl halides is 1. The van der Waals surface area contributed by atoms with Gasteiger partial charge in [-0.2, -0.15) is 0 Å². The Labute approximate surface area is 111 Å². The molecule has 1 aromatic rings. The van der Waals surface area contributed by atoms with E-state index in [-0.39, 0.29) is 29.5 Å². The molecule has 2 N–H and O–H groups in total. The van der Waals surface area contributed by atoms with Crippen LogP contribution in [0.4, 0.5) is 5.69 Å². The van der Waals surface area contributed by atoms with Crippen LogP contribution in [-0.4, -0.2) is 43.4 Å². The number of halogens is 1. The van der Waals surface area contributed by atoms with Gasteiger partial charge in [-0.15, -0.1) is 11.6 Å². The highest BCUT2D eigenvalue weighted by molar-refractivity contribution is 7.91. The van der Waals surface area contributed by atoms with Crippen LogP contribution in [0.15, 0.2) is 24.3 Å². The predicted octanol–water partition coefficient (Wildman–Crippen LogP) is 1.45. The first-order valence-electron chi connectivity index (χ1n) is 5.29. The molecule has 0 aliphatic carbocycles.